The first-order valence-corrected chi connectivity index (χ1v) is 11.1. The van der Waals surface area contributed by atoms with Crippen molar-refractivity contribution < 1.29 is 9.53 Å². The van der Waals surface area contributed by atoms with Crippen LogP contribution in [0.2, 0.25) is 0 Å². The monoisotopic (exact) mass is 429 g/mol. The van der Waals surface area contributed by atoms with Gasteiger partial charge in [0.15, 0.2) is 11.4 Å². The zero-order valence-electron chi connectivity index (χ0n) is 18.4. The molecule has 164 valence electrons. The largest absolute Gasteiger partial charge is 0.482 e. The van der Waals surface area contributed by atoms with Crippen molar-refractivity contribution in [1.82, 2.24) is 9.58 Å². The summed E-state index contributed by atoms with van der Waals surface area (Å²) in [6.07, 6.45) is 4.45. The number of ether oxygens (including phenoxy) is 1. The second kappa shape index (κ2) is 7.86. The average molecular weight is 430 g/mol. The van der Waals surface area contributed by atoms with E-state index in [-0.39, 0.29) is 41.1 Å². The number of pyridine rings is 1. The van der Waals surface area contributed by atoms with Gasteiger partial charge in [-0.25, -0.2) is 0 Å². The number of hydrogen-bond donors (Lipinski definition) is 0. The van der Waals surface area contributed by atoms with E-state index in [1.54, 1.807) is 11.1 Å². The quantitative estimate of drug-likeness (QED) is 0.632. The van der Waals surface area contributed by atoms with Crippen molar-refractivity contribution in [2.75, 3.05) is 12.1 Å². The summed E-state index contributed by atoms with van der Waals surface area (Å²) in [6, 6.07) is 21.5. The van der Waals surface area contributed by atoms with E-state index >= 15 is 0 Å². The van der Waals surface area contributed by atoms with Crippen LogP contribution in [0.1, 0.15) is 47.8 Å². The fraction of sp³-hybridized carbons (Fsp3) is 0.308. The van der Waals surface area contributed by atoms with Crippen LogP contribution in [0.15, 0.2) is 77.7 Å². The van der Waals surface area contributed by atoms with Crippen molar-refractivity contribution in [1.29, 1.82) is 0 Å². The standard InChI is InChI=1S/C26H27N3O3/c1-26(20-12-7-4-8-13-20)16-9-14-22-27(2)25(31)23-24(21(30)15-17-28(23)29(22)26)32-18-19-10-5-3-6-11-19/h3-8,10-13,15,17,22H,9,14,16,18H2,1-2H3. The molecule has 2 aromatic carbocycles. The second-order valence-electron chi connectivity index (χ2n) is 8.75. The molecule has 3 aromatic rings. The molecule has 0 bridgehead atoms. The Morgan fingerprint density at radius 2 is 1.69 bits per heavy atom. The van der Waals surface area contributed by atoms with Gasteiger partial charge < -0.3 is 9.64 Å². The normalized spacial score (nSPS) is 22.3. The average Bonchev–Trinajstić information content (AvgIpc) is 2.83. The van der Waals surface area contributed by atoms with Crippen molar-refractivity contribution in [3.8, 4) is 5.75 Å². The number of amides is 1. The number of nitrogens with zero attached hydrogens (tertiary/aromatic N) is 3. The Morgan fingerprint density at radius 3 is 2.41 bits per heavy atom. The smallest absolute Gasteiger partial charge is 0.277 e. The van der Waals surface area contributed by atoms with Gasteiger partial charge in [-0.05, 0) is 37.3 Å². The number of hydrogen-bond acceptors (Lipinski definition) is 4. The van der Waals surface area contributed by atoms with E-state index in [0.29, 0.717) is 0 Å². The molecule has 32 heavy (non-hydrogen) atoms. The summed E-state index contributed by atoms with van der Waals surface area (Å²) < 4.78 is 7.85. The number of aromatic nitrogens is 1. The van der Waals surface area contributed by atoms with Crippen LogP contribution < -0.4 is 15.2 Å². The number of piperidine rings is 1. The maximum Gasteiger partial charge on any atom is 0.277 e. The summed E-state index contributed by atoms with van der Waals surface area (Å²) in [5.41, 5.74) is 1.79. The maximum atomic E-state index is 13.5. The molecule has 1 amide bonds. The molecule has 6 nitrogen and oxygen atoms in total. The van der Waals surface area contributed by atoms with Gasteiger partial charge in [-0.2, -0.15) is 0 Å². The Labute approximate surface area is 187 Å². The van der Waals surface area contributed by atoms with Crippen molar-refractivity contribution >= 4 is 5.91 Å². The molecule has 0 radical (unpaired) electrons. The zero-order valence-corrected chi connectivity index (χ0v) is 18.4. The third-order valence-electron chi connectivity index (χ3n) is 6.77. The minimum atomic E-state index is -0.334. The van der Waals surface area contributed by atoms with Gasteiger partial charge in [-0.3, -0.25) is 19.3 Å². The molecule has 0 spiro atoms. The Morgan fingerprint density at radius 1 is 1.00 bits per heavy atom. The van der Waals surface area contributed by atoms with E-state index in [0.717, 1.165) is 24.8 Å². The highest BCUT2D eigenvalue weighted by atomic mass is 16.5. The van der Waals surface area contributed by atoms with Crippen LogP contribution in [0, 0.1) is 0 Å². The summed E-state index contributed by atoms with van der Waals surface area (Å²) in [4.78, 5) is 28.0. The molecule has 0 N–H and O–H groups in total. The van der Waals surface area contributed by atoms with E-state index < -0.39 is 0 Å². The fourth-order valence-corrected chi connectivity index (χ4v) is 5.06. The Kier molecular flexibility index (Phi) is 5.00. The second-order valence-corrected chi connectivity index (χ2v) is 8.75. The van der Waals surface area contributed by atoms with Crippen LogP contribution in [0.3, 0.4) is 0 Å². The van der Waals surface area contributed by atoms with Crippen LogP contribution in [-0.2, 0) is 12.1 Å². The summed E-state index contributed by atoms with van der Waals surface area (Å²) >= 11 is 0. The molecule has 0 aliphatic carbocycles. The summed E-state index contributed by atoms with van der Waals surface area (Å²) in [7, 11) is 1.82. The molecule has 2 atom stereocenters. The van der Waals surface area contributed by atoms with E-state index in [9.17, 15) is 9.59 Å². The highest BCUT2D eigenvalue weighted by Gasteiger charge is 2.48. The topological polar surface area (TPSA) is 54.8 Å². The molecule has 1 fully saturated rings. The van der Waals surface area contributed by atoms with Crippen molar-refractivity contribution in [3.63, 3.8) is 0 Å². The van der Waals surface area contributed by atoms with Crippen LogP contribution >= 0.6 is 0 Å². The number of carbonyl (C=O) groups is 1. The number of carbonyl (C=O) groups excluding carboxylic acids is 1. The van der Waals surface area contributed by atoms with Crippen LogP contribution in [-0.4, -0.2) is 28.7 Å². The predicted molar refractivity (Wildman–Crippen MR) is 123 cm³/mol. The predicted octanol–water partition coefficient (Wildman–Crippen LogP) is 3.88. The van der Waals surface area contributed by atoms with Gasteiger partial charge in [0.2, 0.25) is 5.43 Å². The van der Waals surface area contributed by atoms with Crippen LogP contribution in [0.4, 0.5) is 0 Å². The summed E-state index contributed by atoms with van der Waals surface area (Å²) in [5.74, 6) is -0.0861. The third kappa shape index (κ3) is 3.18. The first kappa shape index (κ1) is 20.4. The minimum Gasteiger partial charge on any atom is -0.482 e. The molecule has 2 aliphatic rings. The highest BCUT2D eigenvalue weighted by molar-refractivity contribution is 5.96. The number of fused-ring (bicyclic) bond motifs is 3. The summed E-state index contributed by atoms with van der Waals surface area (Å²) in [5, 5.41) is 2.25. The third-order valence-corrected chi connectivity index (χ3v) is 6.77. The van der Waals surface area contributed by atoms with E-state index in [1.807, 2.05) is 60.3 Å². The van der Waals surface area contributed by atoms with Gasteiger partial charge in [-0.1, -0.05) is 60.7 Å². The fourth-order valence-electron chi connectivity index (χ4n) is 5.06. The molecule has 1 saturated heterocycles. The highest BCUT2D eigenvalue weighted by Crippen LogP contribution is 2.42. The lowest BCUT2D eigenvalue weighted by Gasteiger charge is -2.56. The lowest BCUT2D eigenvalue weighted by molar-refractivity contribution is 0.0467. The molecular weight excluding hydrogens is 402 g/mol. The lowest BCUT2D eigenvalue weighted by atomic mass is 9.81. The SMILES string of the molecule is CN1C(=O)c2c(OCc3ccccc3)c(=O)ccn2N2C1CCCC2(C)c1ccccc1. The lowest BCUT2D eigenvalue weighted by Crippen LogP contribution is -2.68. The number of benzene rings is 2. The van der Waals surface area contributed by atoms with Crippen LogP contribution in [0.25, 0.3) is 0 Å². The van der Waals surface area contributed by atoms with Gasteiger partial charge >= 0.3 is 0 Å². The van der Waals surface area contributed by atoms with Crippen LogP contribution in [0.5, 0.6) is 5.75 Å². The van der Waals surface area contributed by atoms with Gasteiger partial charge in [0.25, 0.3) is 5.91 Å². The maximum absolute atomic E-state index is 13.5. The molecule has 1 aromatic heterocycles. The van der Waals surface area contributed by atoms with E-state index in [2.05, 4.69) is 24.1 Å². The molecule has 3 heterocycles. The van der Waals surface area contributed by atoms with Gasteiger partial charge in [0.05, 0.1) is 5.54 Å². The zero-order chi connectivity index (χ0) is 22.3. The first-order chi connectivity index (χ1) is 15.5. The van der Waals surface area contributed by atoms with Crippen molar-refractivity contribution in [2.45, 2.75) is 44.5 Å². The summed E-state index contributed by atoms with van der Waals surface area (Å²) in [6.45, 7) is 2.44. The number of rotatable bonds is 4. The van der Waals surface area contributed by atoms with E-state index in [4.69, 9.17) is 4.74 Å². The Hall–Kier alpha value is -3.54. The van der Waals surface area contributed by atoms with Gasteiger partial charge in [0.1, 0.15) is 12.8 Å². The van der Waals surface area contributed by atoms with Crippen molar-refractivity contribution in [3.05, 3.63) is 100.0 Å². The molecule has 2 aliphatic heterocycles. The first-order valence-electron chi connectivity index (χ1n) is 11.1. The Bertz CT molecular complexity index is 1190. The minimum absolute atomic E-state index is 0.0987. The Balaban J connectivity index is 1.63. The van der Waals surface area contributed by atoms with Crippen molar-refractivity contribution in [2.24, 2.45) is 0 Å². The van der Waals surface area contributed by atoms with Gasteiger partial charge in [-0.15, -0.1) is 0 Å². The molecule has 2 unspecified atom stereocenters. The molecule has 6 heteroatoms. The van der Waals surface area contributed by atoms with Gasteiger partial charge in [0, 0.05) is 19.3 Å². The molecule has 5 rings (SSSR count). The molecule has 0 saturated carbocycles. The molecular formula is C26H27N3O3. The van der Waals surface area contributed by atoms with E-state index in [1.165, 1.54) is 11.6 Å².